The number of carbonyl (C=O) groups excluding carboxylic acids is 4. The molecule has 3 aliphatic rings. The van der Waals surface area contributed by atoms with Crippen LogP contribution in [-0.4, -0.2) is 68.2 Å². The van der Waals surface area contributed by atoms with Crippen LogP contribution in [0.3, 0.4) is 0 Å². The number of likely N-dealkylation sites (tertiary alicyclic amines) is 1. The van der Waals surface area contributed by atoms with E-state index in [1.54, 1.807) is 15.8 Å². The molecule has 2 aliphatic heterocycles. The first-order valence-electron chi connectivity index (χ1n) is 13.9. The lowest BCUT2D eigenvalue weighted by atomic mass is 10.00. The van der Waals surface area contributed by atoms with Gasteiger partial charge in [0.25, 0.3) is 0 Å². The van der Waals surface area contributed by atoms with Gasteiger partial charge in [0.15, 0.2) is 0 Å². The van der Waals surface area contributed by atoms with Crippen molar-refractivity contribution in [3.63, 3.8) is 0 Å². The van der Waals surface area contributed by atoms with Gasteiger partial charge in [-0.15, -0.1) is 5.10 Å². The summed E-state index contributed by atoms with van der Waals surface area (Å²) in [4.78, 5) is 55.6. The van der Waals surface area contributed by atoms with Crippen LogP contribution < -0.4 is 16.0 Å². The Kier molecular flexibility index (Phi) is 7.94. The van der Waals surface area contributed by atoms with Gasteiger partial charge in [0, 0.05) is 25.3 Å². The Bertz CT molecular complexity index is 1210. The number of hydrogen-bond donors (Lipinski definition) is 3. The minimum absolute atomic E-state index is 0.00246. The van der Waals surface area contributed by atoms with Crippen LogP contribution in [0, 0.1) is 11.8 Å². The largest absolute Gasteiger partial charge is 0.349 e. The van der Waals surface area contributed by atoms with Crippen molar-refractivity contribution in [3.8, 4) is 0 Å². The van der Waals surface area contributed by atoms with E-state index in [4.69, 9.17) is 0 Å². The third-order valence-corrected chi connectivity index (χ3v) is 8.11. The van der Waals surface area contributed by atoms with E-state index in [2.05, 4.69) is 26.3 Å². The molecule has 0 spiro atoms. The highest BCUT2D eigenvalue weighted by molar-refractivity contribution is 5.95. The highest BCUT2D eigenvalue weighted by Gasteiger charge is 2.44. The van der Waals surface area contributed by atoms with Crippen LogP contribution >= 0.6 is 0 Å². The molecule has 3 N–H and O–H groups in total. The highest BCUT2D eigenvalue weighted by atomic mass is 16.2. The summed E-state index contributed by atoms with van der Waals surface area (Å²) in [6, 6.07) is 6.78. The predicted molar refractivity (Wildman–Crippen MR) is 142 cm³/mol. The zero-order valence-corrected chi connectivity index (χ0v) is 22.5. The van der Waals surface area contributed by atoms with E-state index in [-0.39, 0.29) is 48.6 Å². The standard InChI is InChI=1S/C28H37N7O4/c1-17(2)24-27(38)30-22(12-18-8-4-3-5-9-18)25(36)29-14-20-15-35(33-32-20)21-13-23(26(37)31-24)34(16-21)28(39)19-10-6-7-11-19/h3-5,8-9,15,17,19,21-24H,6-7,10-14,16H2,1-2H3,(H,29,36)(H,30,38)(H,31,37)/t21-,22+,23-,24-/m0/s1. The van der Waals surface area contributed by atoms with Crippen LogP contribution in [0.4, 0.5) is 0 Å². The lowest BCUT2D eigenvalue weighted by Crippen LogP contribution is -2.58. The SMILES string of the molecule is CC(C)[C@@H]1NC(=O)[C@@H]2C[C@@H](CN2C(=O)C2CCCC2)n2cc(nn2)CNC(=O)[C@@H](Cc2ccccc2)NC1=O. The van der Waals surface area contributed by atoms with E-state index in [0.29, 0.717) is 18.7 Å². The van der Waals surface area contributed by atoms with Gasteiger partial charge < -0.3 is 20.9 Å². The van der Waals surface area contributed by atoms with Crippen LogP contribution in [0.1, 0.15) is 63.3 Å². The maximum Gasteiger partial charge on any atom is 0.243 e. The minimum atomic E-state index is -0.867. The van der Waals surface area contributed by atoms with Crippen LogP contribution in [-0.2, 0) is 32.1 Å². The third-order valence-electron chi connectivity index (χ3n) is 8.11. The van der Waals surface area contributed by atoms with E-state index in [9.17, 15) is 19.2 Å². The smallest absolute Gasteiger partial charge is 0.243 e. The lowest BCUT2D eigenvalue weighted by Gasteiger charge is -2.30. The summed E-state index contributed by atoms with van der Waals surface area (Å²) in [5.74, 6) is -1.46. The summed E-state index contributed by atoms with van der Waals surface area (Å²) >= 11 is 0. The molecule has 0 unspecified atom stereocenters. The van der Waals surface area contributed by atoms with Crippen molar-refractivity contribution in [1.82, 2.24) is 35.8 Å². The van der Waals surface area contributed by atoms with Crippen LogP contribution in [0.2, 0.25) is 0 Å². The van der Waals surface area contributed by atoms with Gasteiger partial charge in [-0.05, 0) is 24.3 Å². The molecule has 1 aromatic carbocycles. The van der Waals surface area contributed by atoms with Gasteiger partial charge in [0.05, 0.1) is 18.8 Å². The van der Waals surface area contributed by atoms with Gasteiger partial charge in [-0.1, -0.05) is 62.2 Å². The minimum Gasteiger partial charge on any atom is -0.349 e. The molecule has 2 aromatic rings. The van der Waals surface area contributed by atoms with Crippen molar-refractivity contribution in [2.75, 3.05) is 6.54 Å². The number of nitrogens with one attached hydrogen (secondary N) is 3. The van der Waals surface area contributed by atoms with Gasteiger partial charge >= 0.3 is 0 Å². The Morgan fingerprint density at radius 1 is 1.03 bits per heavy atom. The van der Waals surface area contributed by atoms with Crippen LogP contribution in [0.15, 0.2) is 36.5 Å². The summed E-state index contributed by atoms with van der Waals surface area (Å²) in [5.41, 5.74) is 1.45. The van der Waals surface area contributed by atoms with E-state index in [1.807, 2.05) is 44.2 Å². The van der Waals surface area contributed by atoms with Gasteiger partial charge in [-0.25, -0.2) is 4.68 Å². The first kappa shape index (κ1) is 26.8. The predicted octanol–water partition coefficient (Wildman–Crippen LogP) is 1.11. The molecular weight excluding hydrogens is 498 g/mol. The Morgan fingerprint density at radius 3 is 2.49 bits per heavy atom. The summed E-state index contributed by atoms with van der Waals surface area (Å²) < 4.78 is 1.69. The molecule has 4 atom stereocenters. The quantitative estimate of drug-likeness (QED) is 0.536. The molecule has 208 valence electrons. The molecule has 1 aromatic heterocycles. The first-order chi connectivity index (χ1) is 18.8. The number of fused-ring (bicyclic) bond motifs is 5. The van der Waals surface area contributed by atoms with Crippen LogP contribution in [0.25, 0.3) is 0 Å². The fraction of sp³-hybridized carbons (Fsp3) is 0.571. The fourth-order valence-corrected chi connectivity index (χ4v) is 5.88. The summed E-state index contributed by atoms with van der Waals surface area (Å²) in [6.07, 6.45) is 6.12. The number of rotatable bonds is 4. The Labute approximate surface area is 228 Å². The van der Waals surface area contributed by atoms with Crippen molar-refractivity contribution in [1.29, 1.82) is 0 Å². The van der Waals surface area contributed by atoms with Gasteiger partial charge in [0.2, 0.25) is 23.6 Å². The molecule has 4 bridgehead atoms. The second-order valence-electron chi connectivity index (χ2n) is 11.3. The number of hydrogen-bond acceptors (Lipinski definition) is 6. The highest BCUT2D eigenvalue weighted by Crippen LogP contribution is 2.33. The molecule has 1 saturated heterocycles. The lowest BCUT2D eigenvalue weighted by molar-refractivity contribution is -0.142. The number of nitrogens with zero attached hydrogens (tertiary/aromatic N) is 4. The Hall–Kier alpha value is -3.76. The van der Waals surface area contributed by atoms with Crippen molar-refractivity contribution < 1.29 is 19.2 Å². The number of aromatic nitrogens is 3. The average Bonchev–Trinajstić information content (AvgIpc) is 3.70. The molecule has 1 aliphatic carbocycles. The van der Waals surface area contributed by atoms with E-state index in [0.717, 1.165) is 31.2 Å². The summed E-state index contributed by atoms with van der Waals surface area (Å²) in [6.45, 7) is 4.19. The molecule has 5 rings (SSSR count). The fourth-order valence-electron chi connectivity index (χ4n) is 5.88. The first-order valence-corrected chi connectivity index (χ1v) is 13.9. The molecule has 1 saturated carbocycles. The van der Waals surface area contributed by atoms with Crippen molar-refractivity contribution in [2.45, 2.75) is 83.1 Å². The second-order valence-corrected chi connectivity index (χ2v) is 11.3. The van der Waals surface area contributed by atoms with Gasteiger partial charge in [-0.3, -0.25) is 19.2 Å². The summed E-state index contributed by atoms with van der Waals surface area (Å²) in [7, 11) is 0. The van der Waals surface area contributed by atoms with Crippen LogP contribution in [0.5, 0.6) is 0 Å². The normalized spacial score (nSPS) is 26.5. The number of benzene rings is 1. The van der Waals surface area contributed by atoms with E-state index in [1.165, 1.54) is 0 Å². The van der Waals surface area contributed by atoms with Crippen molar-refractivity contribution >= 4 is 23.6 Å². The molecule has 11 heteroatoms. The zero-order valence-electron chi connectivity index (χ0n) is 22.5. The van der Waals surface area contributed by atoms with Gasteiger partial charge in [0.1, 0.15) is 23.8 Å². The zero-order chi connectivity index (χ0) is 27.5. The Balaban J connectivity index is 1.44. The van der Waals surface area contributed by atoms with E-state index < -0.39 is 24.0 Å². The molecule has 0 radical (unpaired) electrons. The summed E-state index contributed by atoms with van der Waals surface area (Å²) in [5, 5.41) is 17.1. The number of carbonyl (C=O) groups is 4. The molecule has 4 amide bonds. The molecule has 2 fully saturated rings. The second kappa shape index (κ2) is 11.5. The molecular formula is C28H37N7O4. The molecule has 3 heterocycles. The van der Waals surface area contributed by atoms with Crippen molar-refractivity contribution in [3.05, 3.63) is 47.8 Å². The Morgan fingerprint density at radius 2 is 1.77 bits per heavy atom. The molecule has 11 nitrogen and oxygen atoms in total. The van der Waals surface area contributed by atoms with Crippen molar-refractivity contribution in [2.24, 2.45) is 11.8 Å². The maximum absolute atomic E-state index is 13.7. The molecule has 39 heavy (non-hydrogen) atoms. The maximum atomic E-state index is 13.7. The third kappa shape index (κ3) is 5.97. The topological polar surface area (TPSA) is 138 Å². The number of amides is 4. The monoisotopic (exact) mass is 535 g/mol. The van der Waals surface area contributed by atoms with Gasteiger partial charge in [-0.2, -0.15) is 0 Å². The van der Waals surface area contributed by atoms with E-state index >= 15 is 0 Å². The average molecular weight is 536 g/mol.